The van der Waals surface area contributed by atoms with Crippen molar-refractivity contribution in [2.45, 2.75) is 19.3 Å². The second kappa shape index (κ2) is 8.53. The van der Waals surface area contributed by atoms with Gasteiger partial charge in [-0.1, -0.05) is 6.42 Å². The molecule has 0 atom stereocenters. The summed E-state index contributed by atoms with van der Waals surface area (Å²) in [5.74, 6) is -0.163. The van der Waals surface area contributed by atoms with E-state index in [1.165, 1.54) is 18.3 Å². The van der Waals surface area contributed by atoms with Crippen molar-refractivity contribution >= 4 is 23.6 Å². The number of unbranched alkanes of at least 4 members (excludes halogenated alkanes) is 2. The first-order valence-corrected chi connectivity index (χ1v) is 7.51. The lowest BCUT2D eigenvalue weighted by molar-refractivity contribution is 0.0689. The molecule has 1 amide bonds. The summed E-state index contributed by atoms with van der Waals surface area (Å²) in [6.07, 6.45) is 6.57. The molecule has 0 radical (unpaired) electrons. The Morgan fingerprint density at radius 1 is 1.32 bits per heavy atom. The fourth-order valence-electron chi connectivity index (χ4n) is 1.51. The molecule has 0 unspecified atom stereocenters. The normalized spacial score (nSPS) is 10.2. The molecule has 1 rings (SSSR count). The number of rotatable bonds is 8. The molecule has 0 saturated heterocycles. The van der Waals surface area contributed by atoms with E-state index in [9.17, 15) is 9.59 Å². The van der Waals surface area contributed by atoms with Crippen molar-refractivity contribution in [2.75, 3.05) is 18.6 Å². The predicted molar refractivity (Wildman–Crippen MR) is 75.8 cm³/mol. The summed E-state index contributed by atoms with van der Waals surface area (Å²) >= 11 is 1.82. The second-order valence-electron chi connectivity index (χ2n) is 4.05. The predicted octanol–water partition coefficient (Wildman–Crippen LogP) is 2.04. The summed E-state index contributed by atoms with van der Waals surface area (Å²) in [4.78, 5) is 26.0. The fraction of sp³-hybridized carbons (Fsp3) is 0.462. The summed E-state index contributed by atoms with van der Waals surface area (Å²) in [5, 5.41) is 11.5. The maximum absolute atomic E-state index is 11.7. The van der Waals surface area contributed by atoms with Gasteiger partial charge >= 0.3 is 5.97 Å². The van der Waals surface area contributed by atoms with Crippen LogP contribution in [0, 0.1) is 0 Å². The van der Waals surface area contributed by atoms with Gasteiger partial charge in [0, 0.05) is 12.7 Å². The van der Waals surface area contributed by atoms with Crippen molar-refractivity contribution < 1.29 is 14.7 Å². The van der Waals surface area contributed by atoms with Gasteiger partial charge in [0.2, 0.25) is 0 Å². The van der Waals surface area contributed by atoms with Gasteiger partial charge in [0.25, 0.3) is 5.91 Å². The van der Waals surface area contributed by atoms with Crippen molar-refractivity contribution in [3.05, 3.63) is 29.6 Å². The van der Waals surface area contributed by atoms with Gasteiger partial charge in [0.1, 0.15) is 5.69 Å². The van der Waals surface area contributed by atoms with Gasteiger partial charge in [0.05, 0.1) is 5.56 Å². The van der Waals surface area contributed by atoms with E-state index in [4.69, 9.17) is 5.11 Å². The smallest absolute Gasteiger partial charge is 0.354 e. The van der Waals surface area contributed by atoms with Crippen molar-refractivity contribution in [1.82, 2.24) is 10.3 Å². The van der Waals surface area contributed by atoms with E-state index in [-0.39, 0.29) is 11.6 Å². The number of aromatic carboxylic acids is 1. The van der Waals surface area contributed by atoms with Gasteiger partial charge in [-0.2, -0.15) is 11.8 Å². The Kier molecular flexibility index (Phi) is 6.95. The molecule has 1 aromatic heterocycles. The van der Waals surface area contributed by atoms with E-state index in [1.807, 2.05) is 11.8 Å². The second-order valence-corrected chi connectivity index (χ2v) is 5.03. The Morgan fingerprint density at radius 3 is 2.68 bits per heavy atom. The highest BCUT2D eigenvalue weighted by Gasteiger charge is 2.08. The summed E-state index contributed by atoms with van der Waals surface area (Å²) in [6.45, 7) is 0.633. The number of nitrogens with zero attached hydrogens (tertiary/aromatic N) is 1. The molecular formula is C13H18N2O3S. The molecule has 104 valence electrons. The Bertz CT molecular complexity index is 420. The Morgan fingerprint density at radius 2 is 2.11 bits per heavy atom. The van der Waals surface area contributed by atoms with Crippen LogP contribution in [0.1, 0.15) is 40.1 Å². The van der Waals surface area contributed by atoms with Crippen LogP contribution in [-0.4, -0.2) is 40.5 Å². The molecule has 0 aromatic carbocycles. The Balaban J connectivity index is 2.31. The molecule has 19 heavy (non-hydrogen) atoms. The van der Waals surface area contributed by atoms with E-state index in [0.29, 0.717) is 12.1 Å². The summed E-state index contributed by atoms with van der Waals surface area (Å²) in [7, 11) is 0. The molecule has 1 heterocycles. The van der Waals surface area contributed by atoms with Gasteiger partial charge in [-0.15, -0.1) is 0 Å². The molecule has 6 heteroatoms. The zero-order valence-electron chi connectivity index (χ0n) is 10.9. The number of carbonyl (C=O) groups is 2. The van der Waals surface area contributed by atoms with E-state index in [1.54, 1.807) is 0 Å². The highest BCUT2D eigenvalue weighted by Crippen LogP contribution is 2.03. The average Bonchev–Trinajstić information content (AvgIpc) is 2.42. The van der Waals surface area contributed by atoms with Gasteiger partial charge in [0.15, 0.2) is 0 Å². The minimum atomic E-state index is -1.10. The number of amides is 1. The average molecular weight is 282 g/mol. The zero-order chi connectivity index (χ0) is 14.1. The van der Waals surface area contributed by atoms with E-state index in [0.717, 1.165) is 25.0 Å². The Labute approximate surface area is 116 Å². The number of hydrogen-bond donors (Lipinski definition) is 2. The minimum Gasteiger partial charge on any atom is -0.477 e. The third kappa shape index (κ3) is 5.74. The molecule has 0 saturated carbocycles. The van der Waals surface area contributed by atoms with Crippen LogP contribution in [0.15, 0.2) is 18.3 Å². The first-order valence-electron chi connectivity index (χ1n) is 6.11. The fourth-order valence-corrected chi connectivity index (χ4v) is 2.00. The number of carboxylic acids is 1. The van der Waals surface area contributed by atoms with E-state index < -0.39 is 5.97 Å². The number of aromatic nitrogens is 1. The maximum Gasteiger partial charge on any atom is 0.354 e. The molecule has 1 aromatic rings. The van der Waals surface area contributed by atoms with Gasteiger partial charge < -0.3 is 10.4 Å². The van der Waals surface area contributed by atoms with Crippen LogP contribution in [0.3, 0.4) is 0 Å². The maximum atomic E-state index is 11.7. The molecule has 0 spiro atoms. The molecule has 0 bridgehead atoms. The number of pyridine rings is 1. The van der Waals surface area contributed by atoms with Crippen LogP contribution in [0.5, 0.6) is 0 Å². The van der Waals surface area contributed by atoms with Crippen LogP contribution < -0.4 is 5.32 Å². The van der Waals surface area contributed by atoms with E-state index in [2.05, 4.69) is 16.6 Å². The molecular weight excluding hydrogens is 264 g/mol. The lowest BCUT2D eigenvalue weighted by Crippen LogP contribution is -2.24. The Hall–Kier alpha value is -1.56. The number of thioether (sulfide) groups is 1. The van der Waals surface area contributed by atoms with Crippen molar-refractivity contribution in [2.24, 2.45) is 0 Å². The lowest BCUT2D eigenvalue weighted by atomic mass is 10.2. The van der Waals surface area contributed by atoms with Gasteiger partial charge in [-0.3, -0.25) is 4.79 Å². The van der Waals surface area contributed by atoms with Gasteiger partial charge in [-0.05, 0) is 37.0 Å². The molecule has 0 fully saturated rings. The van der Waals surface area contributed by atoms with Crippen LogP contribution >= 0.6 is 11.8 Å². The largest absolute Gasteiger partial charge is 0.477 e. The molecule has 2 N–H and O–H groups in total. The van der Waals surface area contributed by atoms with Crippen LogP contribution in [0.25, 0.3) is 0 Å². The lowest BCUT2D eigenvalue weighted by Gasteiger charge is -2.05. The molecule has 5 nitrogen and oxygen atoms in total. The van der Waals surface area contributed by atoms with Crippen LogP contribution in [0.2, 0.25) is 0 Å². The third-order valence-electron chi connectivity index (χ3n) is 2.56. The molecule has 0 aliphatic carbocycles. The summed E-state index contributed by atoms with van der Waals surface area (Å²) in [6, 6.07) is 2.80. The van der Waals surface area contributed by atoms with Crippen LogP contribution in [0.4, 0.5) is 0 Å². The van der Waals surface area contributed by atoms with E-state index >= 15 is 0 Å². The number of nitrogens with one attached hydrogen (secondary N) is 1. The van der Waals surface area contributed by atoms with Crippen molar-refractivity contribution in [1.29, 1.82) is 0 Å². The third-order valence-corrected chi connectivity index (χ3v) is 3.25. The quantitative estimate of drug-likeness (QED) is 0.713. The standard InChI is InChI=1S/C13H18N2O3S/c1-19-8-4-2-3-7-14-12(16)10-5-6-11(13(17)18)15-9-10/h5-6,9H,2-4,7-8H2,1H3,(H,14,16)(H,17,18). The van der Waals surface area contributed by atoms with Crippen molar-refractivity contribution in [3.8, 4) is 0 Å². The summed E-state index contributed by atoms with van der Waals surface area (Å²) in [5.41, 5.74) is 0.322. The van der Waals surface area contributed by atoms with Crippen molar-refractivity contribution in [3.63, 3.8) is 0 Å². The molecule has 0 aliphatic heterocycles. The highest BCUT2D eigenvalue weighted by molar-refractivity contribution is 7.98. The minimum absolute atomic E-state index is 0.0615. The summed E-state index contributed by atoms with van der Waals surface area (Å²) < 4.78 is 0. The number of hydrogen-bond acceptors (Lipinski definition) is 4. The molecule has 0 aliphatic rings. The van der Waals surface area contributed by atoms with Gasteiger partial charge in [-0.25, -0.2) is 9.78 Å². The van der Waals surface area contributed by atoms with Crippen LogP contribution in [-0.2, 0) is 0 Å². The number of carbonyl (C=O) groups excluding carboxylic acids is 1. The first kappa shape index (κ1) is 15.5. The SMILES string of the molecule is CSCCCCCNC(=O)c1ccc(C(=O)O)nc1. The highest BCUT2D eigenvalue weighted by atomic mass is 32.2. The first-order chi connectivity index (χ1) is 9.15. The number of carboxylic acid groups (broad SMARTS) is 1. The topological polar surface area (TPSA) is 79.3 Å². The monoisotopic (exact) mass is 282 g/mol. The zero-order valence-corrected chi connectivity index (χ0v) is 11.7.